The number of likely N-dealkylation sites (N-methyl/N-ethyl adjacent to an activating group) is 1. The molecular weight excluding hydrogens is 128 g/mol. The Labute approximate surface area is 62.4 Å². The summed E-state index contributed by atoms with van der Waals surface area (Å²) >= 11 is 0. The molecule has 3 heteroatoms. The van der Waals surface area contributed by atoms with Crippen LogP contribution in [0.25, 0.3) is 0 Å². The van der Waals surface area contributed by atoms with Crippen LogP contribution in [0.4, 0.5) is 0 Å². The molecule has 0 rings (SSSR count). The highest BCUT2D eigenvalue weighted by molar-refractivity contribution is 5.77. The maximum Gasteiger partial charge on any atom is 0.236 e. The number of carbonyl (C=O) groups is 1. The van der Waals surface area contributed by atoms with Gasteiger partial charge in [0.25, 0.3) is 0 Å². The van der Waals surface area contributed by atoms with E-state index in [1.54, 1.807) is 19.0 Å². The Morgan fingerprint density at radius 2 is 2.00 bits per heavy atom. The second-order valence-corrected chi connectivity index (χ2v) is 2.82. The zero-order valence-electron chi connectivity index (χ0n) is 7.14. The standard InChI is InChI=1S/C7H16N2O/c1-6(2)8-5-7(10)9(3)4/h6,8H,5H2,1-4H3. The summed E-state index contributed by atoms with van der Waals surface area (Å²) in [6.07, 6.45) is 0. The van der Waals surface area contributed by atoms with Gasteiger partial charge >= 0.3 is 0 Å². The van der Waals surface area contributed by atoms with Crippen LogP contribution < -0.4 is 5.32 Å². The minimum Gasteiger partial charge on any atom is -0.348 e. The molecule has 0 heterocycles. The maximum atomic E-state index is 10.9. The van der Waals surface area contributed by atoms with Gasteiger partial charge in [0, 0.05) is 20.1 Å². The number of carbonyl (C=O) groups excluding carboxylic acids is 1. The van der Waals surface area contributed by atoms with Crippen LogP contribution in [-0.4, -0.2) is 37.5 Å². The van der Waals surface area contributed by atoms with Crippen molar-refractivity contribution in [1.82, 2.24) is 10.2 Å². The van der Waals surface area contributed by atoms with Crippen molar-refractivity contribution in [3.05, 3.63) is 0 Å². The van der Waals surface area contributed by atoms with Crippen LogP contribution in [0.5, 0.6) is 0 Å². The molecule has 0 unspecified atom stereocenters. The predicted octanol–water partition coefficient (Wildman–Crippen LogP) is 0.0726. The zero-order valence-corrected chi connectivity index (χ0v) is 7.14. The van der Waals surface area contributed by atoms with Gasteiger partial charge in [0.05, 0.1) is 6.54 Å². The van der Waals surface area contributed by atoms with Crippen LogP contribution in [0.15, 0.2) is 0 Å². The molecule has 1 N–H and O–H groups in total. The first kappa shape index (κ1) is 9.43. The second kappa shape index (κ2) is 4.28. The molecule has 1 amide bonds. The smallest absolute Gasteiger partial charge is 0.236 e. The molecular formula is C7H16N2O. The normalized spacial score (nSPS) is 10.1. The second-order valence-electron chi connectivity index (χ2n) is 2.82. The highest BCUT2D eigenvalue weighted by atomic mass is 16.2. The van der Waals surface area contributed by atoms with Gasteiger partial charge in [0.15, 0.2) is 0 Å². The van der Waals surface area contributed by atoms with Gasteiger partial charge in [-0.2, -0.15) is 0 Å². The van der Waals surface area contributed by atoms with Gasteiger partial charge < -0.3 is 10.2 Å². The molecule has 3 nitrogen and oxygen atoms in total. The molecule has 0 bridgehead atoms. The highest BCUT2D eigenvalue weighted by Gasteiger charge is 2.02. The van der Waals surface area contributed by atoms with Gasteiger partial charge in [-0.25, -0.2) is 0 Å². The first-order valence-corrected chi connectivity index (χ1v) is 3.47. The van der Waals surface area contributed by atoms with Crippen molar-refractivity contribution in [2.45, 2.75) is 19.9 Å². The quantitative estimate of drug-likeness (QED) is 0.608. The van der Waals surface area contributed by atoms with E-state index in [-0.39, 0.29) is 5.91 Å². The summed E-state index contributed by atoms with van der Waals surface area (Å²) in [6, 6.07) is 0.379. The van der Waals surface area contributed by atoms with E-state index in [0.717, 1.165) is 0 Å². The fourth-order valence-electron chi connectivity index (χ4n) is 0.450. The summed E-state index contributed by atoms with van der Waals surface area (Å²) in [5, 5.41) is 3.04. The van der Waals surface area contributed by atoms with Crippen LogP contribution in [0.3, 0.4) is 0 Å². The van der Waals surface area contributed by atoms with Crippen LogP contribution in [0.1, 0.15) is 13.8 Å². The first-order valence-electron chi connectivity index (χ1n) is 3.47. The minimum absolute atomic E-state index is 0.119. The number of rotatable bonds is 3. The Bertz CT molecular complexity index is 110. The average Bonchev–Trinajstić information content (AvgIpc) is 1.82. The largest absolute Gasteiger partial charge is 0.348 e. The number of hydrogen-bond acceptors (Lipinski definition) is 2. The Morgan fingerprint density at radius 1 is 1.50 bits per heavy atom. The van der Waals surface area contributed by atoms with Crippen LogP contribution in [0, 0.1) is 0 Å². The molecule has 0 spiro atoms. The number of hydrogen-bond donors (Lipinski definition) is 1. The molecule has 0 fully saturated rings. The molecule has 0 saturated carbocycles. The van der Waals surface area contributed by atoms with E-state index in [0.29, 0.717) is 12.6 Å². The van der Waals surface area contributed by atoms with Gasteiger partial charge in [-0.1, -0.05) is 13.8 Å². The van der Waals surface area contributed by atoms with Gasteiger partial charge in [0.2, 0.25) is 5.91 Å². The van der Waals surface area contributed by atoms with Crippen LogP contribution in [0.2, 0.25) is 0 Å². The fourth-order valence-corrected chi connectivity index (χ4v) is 0.450. The molecule has 0 aliphatic rings. The molecule has 0 radical (unpaired) electrons. The lowest BCUT2D eigenvalue weighted by Crippen LogP contribution is -2.36. The third kappa shape index (κ3) is 4.32. The molecule has 60 valence electrons. The third-order valence-corrected chi connectivity index (χ3v) is 1.16. The molecule has 0 atom stereocenters. The topological polar surface area (TPSA) is 32.3 Å². The fraction of sp³-hybridized carbons (Fsp3) is 0.857. The molecule has 0 aliphatic carbocycles. The molecule has 0 aromatic heterocycles. The SMILES string of the molecule is CC(C)NCC(=O)N(C)C. The van der Waals surface area contributed by atoms with Crippen LogP contribution >= 0.6 is 0 Å². The zero-order chi connectivity index (χ0) is 8.15. The average molecular weight is 144 g/mol. The van der Waals surface area contributed by atoms with E-state index < -0.39 is 0 Å². The van der Waals surface area contributed by atoms with Crippen molar-refractivity contribution >= 4 is 5.91 Å². The lowest BCUT2D eigenvalue weighted by Gasteiger charge is -2.12. The number of nitrogens with one attached hydrogen (secondary N) is 1. The minimum atomic E-state index is 0.119. The van der Waals surface area contributed by atoms with Crippen molar-refractivity contribution in [3.63, 3.8) is 0 Å². The molecule has 0 aliphatic heterocycles. The van der Waals surface area contributed by atoms with E-state index in [4.69, 9.17) is 0 Å². The van der Waals surface area contributed by atoms with Crippen molar-refractivity contribution in [2.75, 3.05) is 20.6 Å². The molecule has 0 aromatic rings. The van der Waals surface area contributed by atoms with E-state index in [9.17, 15) is 4.79 Å². The number of amides is 1. The first-order chi connectivity index (χ1) is 4.54. The van der Waals surface area contributed by atoms with E-state index >= 15 is 0 Å². The Kier molecular flexibility index (Phi) is 4.03. The maximum absolute atomic E-state index is 10.9. The summed E-state index contributed by atoms with van der Waals surface area (Å²) < 4.78 is 0. The third-order valence-electron chi connectivity index (χ3n) is 1.16. The summed E-state index contributed by atoms with van der Waals surface area (Å²) in [6.45, 7) is 4.47. The summed E-state index contributed by atoms with van der Waals surface area (Å²) in [5.74, 6) is 0.119. The van der Waals surface area contributed by atoms with Crippen molar-refractivity contribution < 1.29 is 4.79 Å². The van der Waals surface area contributed by atoms with Gasteiger partial charge in [0.1, 0.15) is 0 Å². The highest BCUT2D eigenvalue weighted by Crippen LogP contribution is 1.79. The molecule has 10 heavy (non-hydrogen) atoms. The summed E-state index contributed by atoms with van der Waals surface area (Å²) in [7, 11) is 3.51. The summed E-state index contributed by atoms with van der Waals surface area (Å²) in [4.78, 5) is 12.5. The van der Waals surface area contributed by atoms with Crippen molar-refractivity contribution in [1.29, 1.82) is 0 Å². The molecule has 0 aromatic carbocycles. The van der Waals surface area contributed by atoms with Crippen molar-refractivity contribution in [2.24, 2.45) is 0 Å². The Balaban J connectivity index is 3.40. The monoisotopic (exact) mass is 144 g/mol. The van der Waals surface area contributed by atoms with Gasteiger partial charge in [-0.15, -0.1) is 0 Å². The summed E-state index contributed by atoms with van der Waals surface area (Å²) in [5.41, 5.74) is 0. The van der Waals surface area contributed by atoms with E-state index in [2.05, 4.69) is 5.32 Å². The van der Waals surface area contributed by atoms with Gasteiger partial charge in [-0.05, 0) is 0 Å². The van der Waals surface area contributed by atoms with E-state index in [1.165, 1.54) is 0 Å². The molecule has 0 saturated heterocycles. The van der Waals surface area contributed by atoms with E-state index in [1.807, 2.05) is 13.8 Å². The lowest BCUT2D eigenvalue weighted by atomic mass is 10.4. The van der Waals surface area contributed by atoms with Gasteiger partial charge in [-0.3, -0.25) is 4.79 Å². The predicted molar refractivity (Wildman–Crippen MR) is 41.8 cm³/mol. The number of nitrogens with zero attached hydrogens (tertiary/aromatic N) is 1. The Hall–Kier alpha value is -0.570. The van der Waals surface area contributed by atoms with Crippen LogP contribution in [-0.2, 0) is 4.79 Å². The van der Waals surface area contributed by atoms with Crippen molar-refractivity contribution in [3.8, 4) is 0 Å². The Morgan fingerprint density at radius 3 is 2.30 bits per heavy atom. The lowest BCUT2D eigenvalue weighted by molar-refractivity contribution is -0.127.